The molecule has 5 atom stereocenters. The molecule has 2 aliphatic rings. The molecule has 0 spiro atoms. The SMILES string of the molecule is CC[C@H]1S[C@@H](c2cc(Cc3ccc(OC)cc3)c(Cl)c3c2CCO3)[C@H](OCc2ccccc2)[C@@H](OCc2ccccc2)[C@@H]1C. The first-order chi connectivity index (χ1) is 21.6. The number of rotatable bonds is 11. The van der Waals surface area contributed by atoms with Crippen LogP contribution in [0.2, 0.25) is 5.02 Å². The number of ether oxygens (including phenoxy) is 4. The van der Waals surface area contributed by atoms with Crippen molar-refractivity contribution in [3.8, 4) is 11.5 Å². The third-order valence-electron chi connectivity index (χ3n) is 8.91. The normalized spacial score (nSPS) is 22.8. The Morgan fingerprint density at radius 3 is 2.09 bits per heavy atom. The molecule has 0 unspecified atom stereocenters. The molecule has 4 nitrogen and oxygen atoms in total. The van der Waals surface area contributed by atoms with E-state index in [1.54, 1.807) is 7.11 Å². The van der Waals surface area contributed by atoms with Crippen molar-refractivity contribution in [2.45, 2.75) is 69.0 Å². The first kappa shape index (κ1) is 31.0. The fraction of sp³-hybridized carbons (Fsp3) is 0.368. The smallest absolute Gasteiger partial charge is 0.141 e. The molecule has 44 heavy (non-hydrogen) atoms. The van der Waals surface area contributed by atoms with Crippen LogP contribution in [0, 0.1) is 5.92 Å². The number of halogens is 1. The van der Waals surface area contributed by atoms with E-state index in [1.165, 1.54) is 22.3 Å². The van der Waals surface area contributed by atoms with Gasteiger partial charge in [0, 0.05) is 17.2 Å². The molecule has 6 rings (SSSR count). The van der Waals surface area contributed by atoms with Gasteiger partial charge in [0.15, 0.2) is 0 Å². The molecule has 0 saturated carbocycles. The lowest BCUT2D eigenvalue weighted by atomic mass is 9.87. The van der Waals surface area contributed by atoms with E-state index in [0.29, 0.717) is 37.4 Å². The summed E-state index contributed by atoms with van der Waals surface area (Å²) in [5, 5.41) is 1.22. The maximum Gasteiger partial charge on any atom is 0.141 e. The Bertz CT molecular complexity index is 1510. The van der Waals surface area contributed by atoms with Crippen molar-refractivity contribution in [2.24, 2.45) is 5.92 Å². The van der Waals surface area contributed by atoms with Crippen molar-refractivity contribution in [2.75, 3.05) is 13.7 Å². The number of fused-ring (bicyclic) bond motifs is 1. The third-order valence-corrected chi connectivity index (χ3v) is 11.3. The van der Waals surface area contributed by atoms with Gasteiger partial charge in [0.25, 0.3) is 0 Å². The lowest BCUT2D eigenvalue weighted by Gasteiger charge is -2.46. The largest absolute Gasteiger partial charge is 0.497 e. The van der Waals surface area contributed by atoms with E-state index in [4.69, 9.17) is 30.5 Å². The van der Waals surface area contributed by atoms with Gasteiger partial charge < -0.3 is 18.9 Å². The first-order valence-electron chi connectivity index (χ1n) is 15.6. The van der Waals surface area contributed by atoms with Crippen LogP contribution in [0.25, 0.3) is 0 Å². The average Bonchev–Trinajstić information content (AvgIpc) is 3.57. The van der Waals surface area contributed by atoms with Crippen molar-refractivity contribution >= 4 is 23.4 Å². The van der Waals surface area contributed by atoms with Crippen LogP contribution in [0.3, 0.4) is 0 Å². The minimum atomic E-state index is -0.151. The minimum absolute atomic E-state index is 0.0722. The van der Waals surface area contributed by atoms with Gasteiger partial charge in [0.05, 0.1) is 43.3 Å². The Balaban J connectivity index is 1.39. The molecule has 0 amide bonds. The van der Waals surface area contributed by atoms with Gasteiger partial charge in [-0.05, 0) is 58.7 Å². The van der Waals surface area contributed by atoms with Crippen molar-refractivity contribution < 1.29 is 18.9 Å². The predicted octanol–water partition coefficient (Wildman–Crippen LogP) is 9.25. The molecule has 230 valence electrons. The summed E-state index contributed by atoms with van der Waals surface area (Å²) < 4.78 is 25.4. The van der Waals surface area contributed by atoms with E-state index in [1.807, 2.05) is 36.0 Å². The van der Waals surface area contributed by atoms with Crippen LogP contribution in [0.1, 0.15) is 58.9 Å². The monoisotopic (exact) mass is 628 g/mol. The second kappa shape index (κ2) is 14.4. The molecule has 0 radical (unpaired) electrons. The fourth-order valence-electron chi connectivity index (χ4n) is 6.51. The van der Waals surface area contributed by atoms with Gasteiger partial charge in [-0.25, -0.2) is 0 Å². The zero-order chi connectivity index (χ0) is 30.5. The Morgan fingerprint density at radius 1 is 0.841 bits per heavy atom. The highest BCUT2D eigenvalue weighted by molar-refractivity contribution is 8.00. The molecule has 0 bridgehead atoms. The molecule has 0 aliphatic carbocycles. The van der Waals surface area contributed by atoms with Gasteiger partial charge in [-0.1, -0.05) is 104 Å². The summed E-state index contributed by atoms with van der Waals surface area (Å²) in [6.07, 6.45) is 2.39. The molecule has 6 heteroatoms. The predicted molar refractivity (Wildman–Crippen MR) is 180 cm³/mol. The topological polar surface area (TPSA) is 36.9 Å². The summed E-state index contributed by atoms with van der Waals surface area (Å²) in [5.41, 5.74) is 7.06. The quantitative estimate of drug-likeness (QED) is 0.165. The number of methoxy groups -OCH3 is 1. The zero-order valence-corrected chi connectivity index (χ0v) is 27.3. The van der Waals surface area contributed by atoms with E-state index in [-0.39, 0.29) is 17.5 Å². The lowest BCUT2D eigenvalue weighted by Crippen LogP contribution is -2.48. The molecule has 4 aromatic carbocycles. The molecule has 2 aliphatic heterocycles. The van der Waals surface area contributed by atoms with Crippen LogP contribution in [0.4, 0.5) is 0 Å². The van der Waals surface area contributed by atoms with E-state index < -0.39 is 0 Å². The summed E-state index contributed by atoms with van der Waals surface area (Å²) in [6.45, 7) is 6.34. The van der Waals surface area contributed by atoms with Gasteiger partial charge >= 0.3 is 0 Å². The lowest BCUT2D eigenvalue weighted by molar-refractivity contribution is -0.112. The van der Waals surface area contributed by atoms with Gasteiger partial charge in [-0.2, -0.15) is 0 Å². The number of benzene rings is 4. The summed E-state index contributed by atoms with van der Waals surface area (Å²) in [4.78, 5) is 0. The second-order valence-electron chi connectivity index (χ2n) is 11.8. The molecule has 2 heterocycles. The van der Waals surface area contributed by atoms with Crippen LogP contribution >= 0.6 is 23.4 Å². The summed E-state index contributed by atoms with van der Waals surface area (Å²) in [7, 11) is 1.69. The third kappa shape index (κ3) is 6.82. The maximum atomic E-state index is 7.06. The van der Waals surface area contributed by atoms with E-state index >= 15 is 0 Å². The highest BCUT2D eigenvalue weighted by Gasteiger charge is 2.46. The molecular weight excluding hydrogens is 588 g/mol. The van der Waals surface area contributed by atoms with Crippen LogP contribution in [-0.2, 0) is 35.5 Å². The highest BCUT2D eigenvalue weighted by Crippen LogP contribution is 2.53. The zero-order valence-electron chi connectivity index (χ0n) is 25.7. The highest BCUT2D eigenvalue weighted by atomic mass is 35.5. The van der Waals surface area contributed by atoms with Gasteiger partial charge in [-0.3, -0.25) is 0 Å². The summed E-state index contributed by atoms with van der Waals surface area (Å²) in [6, 6.07) is 31.4. The molecule has 4 aromatic rings. The van der Waals surface area contributed by atoms with Gasteiger partial charge in [0.1, 0.15) is 17.6 Å². The molecule has 1 fully saturated rings. The molecule has 0 aromatic heterocycles. The number of hydrogen-bond donors (Lipinski definition) is 0. The number of thioether (sulfide) groups is 1. The van der Waals surface area contributed by atoms with Gasteiger partial charge in [0.2, 0.25) is 0 Å². The average molecular weight is 629 g/mol. The van der Waals surface area contributed by atoms with E-state index in [9.17, 15) is 0 Å². The fourth-order valence-corrected chi connectivity index (χ4v) is 8.52. The standard InChI is InChI=1S/C38H41ClO4S/c1-4-33-25(2)35(42-23-27-11-7-5-8-12-27)37(43-24-28-13-9-6-10-14-28)38(44-33)32-22-29(34(39)36-31(32)19-20-41-36)21-26-15-17-30(40-3)18-16-26/h5-18,22,25,33,35,37-38H,4,19-21,23-24H2,1-3H3/t25-,33-,35+,37-,38+/m1/s1. The van der Waals surface area contributed by atoms with E-state index in [2.05, 4.69) is 80.6 Å². The summed E-state index contributed by atoms with van der Waals surface area (Å²) in [5.74, 6) is 2.00. The maximum absolute atomic E-state index is 7.06. The molecule has 0 N–H and O–H groups in total. The van der Waals surface area contributed by atoms with Crippen molar-refractivity contribution in [3.63, 3.8) is 0 Å². The van der Waals surface area contributed by atoms with Crippen molar-refractivity contribution in [1.82, 2.24) is 0 Å². The number of hydrogen-bond acceptors (Lipinski definition) is 5. The van der Waals surface area contributed by atoms with Crippen LogP contribution < -0.4 is 9.47 Å². The Hall–Kier alpha value is -2.96. The Morgan fingerprint density at radius 2 is 1.48 bits per heavy atom. The van der Waals surface area contributed by atoms with Crippen LogP contribution in [0.15, 0.2) is 91.0 Å². The first-order valence-corrected chi connectivity index (χ1v) is 16.9. The van der Waals surface area contributed by atoms with Crippen molar-refractivity contribution in [1.29, 1.82) is 0 Å². The Labute approximate surface area is 271 Å². The molecular formula is C38H41ClO4S. The van der Waals surface area contributed by atoms with Crippen LogP contribution in [0.5, 0.6) is 11.5 Å². The summed E-state index contributed by atoms with van der Waals surface area (Å²) >= 11 is 9.10. The van der Waals surface area contributed by atoms with Gasteiger partial charge in [-0.15, -0.1) is 11.8 Å². The minimum Gasteiger partial charge on any atom is -0.497 e. The second-order valence-corrected chi connectivity index (χ2v) is 13.5. The van der Waals surface area contributed by atoms with Crippen molar-refractivity contribution in [3.05, 3.63) is 129 Å². The van der Waals surface area contributed by atoms with E-state index in [0.717, 1.165) is 40.5 Å². The van der Waals surface area contributed by atoms with Crippen LogP contribution in [-0.4, -0.2) is 31.2 Å². The molecule has 1 saturated heterocycles. The Kier molecular flexibility index (Phi) is 10.2.